The molecule has 0 radical (unpaired) electrons. The SMILES string of the molecule is CCOc1ccc(C(=O)Nc2ccc(OCC(=O)O)cc2)cc1OCC. The van der Waals surface area contributed by atoms with E-state index in [4.69, 9.17) is 19.3 Å². The van der Waals surface area contributed by atoms with Crippen LogP contribution in [0.3, 0.4) is 0 Å². The van der Waals surface area contributed by atoms with Gasteiger partial charge in [0.25, 0.3) is 5.91 Å². The van der Waals surface area contributed by atoms with E-state index in [0.29, 0.717) is 41.7 Å². The molecule has 0 aliphatic rings. The second kappa shape index (κ2) is 9.31. The van der Waals surface area contributed by atoms with E-state index >= 15 is 0 Å². The average Bonchev–Trinajstić information content (AvgIpc) is 2.63. The predicted molar refractivity (Wildman–Crippen MR) is 96.3 cm³/mol. The van der Waals surface area contributed by atoms with Gasteiger partial charge in [-0.25, -0.2) is 4.79 Å². The number of carbonyl (C=O) groups excluding carboxylic acids is 1. The topological polar surface area (TPSA) is 94.1 Å². The smallest absolute Gasteiger partial charge is 0.341 e. The maximum Gasteiger partial charge on any atom is 0.341 e. The van der Waals surface area contributed by atoms with Crippen LogP contribution in [0.5, 0.6) is 17.2 Å². The van der Waals surface area contributed by atoms with Crippen LogP contribution in [0, 0.1) is 0 Å². The molecule has 0 unspecified atom stereocenters. The summed E-state index contributed by atoms with van der Waals surface area (Å²) in [4.78, 5) is 22.9. The number of amides is 1. The molecule has 0 bridgehead atoms. The fraction of sp³-hybridized carbons (Fsp3) is 0.263. The normalized spacial score (nSPS) is 10.1. The molecule has 26 heavy (non-hydrogen) atoms. The van der Waals surface area contributed by atoms with E-state index < -0.39 is 12.6 Å². The highest BCUT2D eigenvalue weighted by atomic mass is 16.5. The highest BCUT2D eigenvalue weighted by Gasteiger charge is 2.12. The maximum absolute atomic E-state index is 12.4. The number of carboxylic acid groups (broad SMARTS) is 1. The minimum atomic E-state index is -1.05. The van der Waals surface area contributed by atoms with Crippen molar-refractivity contribution >= 4 is 17.6 Å². The third-order valence-corrected chi connectivity index (χ3v) is 3.28. The largest absolute Gasteiger partial charge is 0.490 e. The molecule has 0 spiro atoms. The summed E-state index contributed by atoms with van der Waals surface area (Å²) in [6.07, 6.45) is 0. The number of benzene rings is 2. The molecular weight excluding hydrogens is 338 g/mol. The Balaban J connectivity index is 2.06. The molecule has 0 atom stereocenters. The summed E-state index contributed by atoms with van der Waals surface area (Å²) in [5.74, 6) is 0.159. The van der Waals surface area contributed by atoms with Crippen molar-refractivity contribution in [3.63, 3.8) is 0 Å². The maximum atomic E-state index is 12.4. The number of hydrogen-bond acceptors (Lipinski definition) is 5. The average molecular weight is 359 g/mol. The van der Waals surface area contributed by atoms with E-state index in [1.54, 1.807) is 42.5 Å². The summed E-state index contributed by atoms with van der Waals surface area (Å²) < 4.78 is 16.1. The van der Waals surface area contributed by atoms with Gasteiger partial charge in [-0.1, -0.05) is 0 Å². The number of carboxylic acids is 1. The summed E-state index contributed by atoms with van der Waals surface area (Å²) in [7, 11) is 0. The van der Waals surface area contributed by atoms with Crippen molar-refractivity contribution in [3.05, 3.63) is 48.0 Å². The zero-order valence-corrected chi connectivity index (χ0v) is 14.7. The van der Waals surface area contributed by atoms with E-state index in [0.717, 1.165) is 0 Å². The monoisotopic (exact) mass is 359 g/mol. The summed E-state index contributed by atoms with van der Waals surface area (Å²) >= 11 is 0. The quantitative estimate of drug-likeness (QED) is 0.714. The molecule has 2 aromatic carbocycles. The molecule has 0 saturated carbocycles. The third-order valence-electron chi connectivity index (χ3n) is 3.28. The van der Waals surface area contributed by atoms with Gasteiger partial charge in [0, 0.05) is 11.3 Å². The number of hydrogen-bond donors (Lipinski definition) is 2. The van der Waals surface area contributed by atoms with Crippen molar-refractivity contribution in [2.75, 3.05) is 25.1 Å². The molecular formula is C19H21NO6. The van der Waals surface area contributed by atoms with Gasteiger partial charge >= 0.3 is 5.97 Å². The number of nitrogens with one attached hydrogen (secondary N) is 1. The van der Waals surface area contributed by atoms with Crippen molar-refractivity contribution in [1.82, 2.24) is 0 Å². The van der Waals surface area contributed by atoms with Gasteiger partial charge in [-0.05, 0) is 56.3 Å². The van der Waals surface area contributed by atoms with Crippen molar-refractivity contribution in [2.24, 2.45) is 0 Å². The molecule has 2 aromatic rings. The Morgan fingerprint density at radius 1 is 0.923 bits per heavy atom. The first-order chi connectivity index (χ1) is 12.5. The molecule has 2 N–H and O–H groups in total. The molecule has 0 aliphatic heterocycles. The lowest BCUT2D eigenvalue weighted by atomic mass is 10.1. The molecule has 0 saturated heterocycles. The first-order valence-electron chi connectivity index (χ1n) is 8.19. The number of carbonyl (C=O) groups is 2. The van der Waals surface area contributed by atoms with Gasteiger partial charge in [0.1, 0.15) is 5.75 Å². The van der Waals surface area contributed by atoms with Crippen LogP contribution in [-0.2, 0) is 4.79 Å². The van der Waals surface area contributed by atoms with Gasteiger partial charge in [-0.2, -0.15) is 0 Å². The van der Waals surface area contributed by atoms with E-state index in [1.807, 2.05) is 13.8 Å². The van der Waals surface area contributed by atoms with Crippen LogP contribution >= 0.6 is 0 Å². The lowest BCUT2D eigenvalue weighted by Gasteiger charge is -2.12. The van der Waals surface area contributed by atoms with Crippen LogP contribution in [0.1, 0.15) is 24.2 Å². The first kappa shape index (κ1) is 19.1. The number of anilines is 1. The van der Waals surface area contributed by atoms with Crippen LogP contribution in [0.15, 0.2) is 42.5 Å². The molecule has 0 aromatic heterocycles. The highest BCUT2D eigenvalue weighted by molar-refractivity contribution is 6.04. The third kappa shape index (κ3) is 5.41. The van der Waals surface area contributed by atoms with Gasteiger partial charge in [0.15, 0.2) is 18.1 Å². The Morgan fingerprint density at radius 3 is 2.19 bits per heavy atom. The minimum Gasteiger partial charge on any atom is -0.490 e. The second-order valence-electron chi connectivity index (χ2n) is 5.19. The molecule has 7 heteroatoms. The molecule has 0 heterocycles. The van der Waals surface area contributed by atoms with E-state index in [-0.39, 0.29) is 5.91 Å². The zero-order valence-electron chi connectivity index (χ0n) is 14.7. The Morgan fingerprint density at radius 2 is 1.58 bits per heavy atom. The van der Waals surface area contributed by atoms with Gasteiger partial charge in [-0.15, -0.1) is 0 Å². The molecule has 0 fully saturated rings. The Labute approximate surface area is 151 Å². The van der Waals surface area contributed by atoms with E-state index in [2.05, 4.69) is 5.32 Å². The molecule has 7 nitrogen and oxygen atoms in total. The lowest BCUT2D eigenvalue weighted by molar-refractivity contribution is -0.139. The minimum absolute atomic E-state index is 0.298. The summed E-state index contributed by atoms with van der Waals surface area (Å²) in [5, 5.41) is 11.4. The predicted octanol–water partition coefficient (Wildman–Crippen LogP) is 3.20. The van der Waals surface area contributed by atoms with Gasteiger partial charge in [-0.3, -0.25) is 4.79 Å². The number of aliphatic carboxylic acids is 1. The van der Waals surface area contributed by atoms with Crippen molar-refractivity contribution in [3.8, 4) is 17.2 Å². The van der Waals surface area contributed by atoms with Gasteiger partial charge in [0.2, 0.25) is 0 Å². The lowest BCUT2D eigenvalue weighted by Crippen LogP contribution is -2.12. The van der Waals surface area contributed by atoms with Crippen LogP contribution in [0.2, 0.25) is 0 Å². The summed E-state index contributed by atoms with van der Waals surface area (Å²) in [5.41, 5.74) is 0.993. The molecule has 2 rings (SSSR count). The first-order valence-corrected chi connectivity index (χ1v) is 8.19. The summed E-state index contributed by atoms with van der Waals surface area (Å²) in [6, 6.07) is 11.4. The molecule has 138 valence electrons. The summed E-state index contributed by atoms with van der Waals surface area (Å²) in [6.45, 7) is 4.28. The number of rotatable bonds is 9. The standard InChI is InChI=1S/C19H21NO6/c1-3-24-16-10-5-13(11-17(16)25-4-2)19(23)20-14-6-8-15(9-7-14)26-12-18(21)22/h5-11H,3-4,12H2,1-2H3,(H,20,23)(H,21,22). The number of ether oxygens (including phenoxy) is 3. The van der Waals surface area contributed by atoms with Crippen molar-refractivity contribution in [2.45, 2.75) is 13.8 Å². The second-order valence-corrected chi connectivity index (χ2v) is 5.19. The van der Waals surface area contributed by atoms with Crippen LogP contribution in [-0.4, -0.2) is 36.8 Å². The Hall–Kier alpha value is -3.22. The highest BCUT2D eigenvalue weighted by Crippen LogP contribution is 2.29. The van der Waals surface area contributed by atoms with Crippen LogP contribution < -0.4 is 19.5 Å². The fourth-order valence-electron chi connectivity index (χ4n) is 2.18. The Bertz CT molecular complexity index is 757. The molecule has 1 amide bonds. The van der Waals surface area contributed by atoms with E-state index in [9.17, 15) is 9.59 Å². The van der Waals surface area contributed by atoms with Crippen LogP contribution in [0.25, 0.3) is 0 Å². The zero-order chi connectivity index (χ0) is 18.9. The molecule has 0 aliphatic carbocycles. The van der Waals surface area contributed by atoms with Crippen molar-refractivity contribution in [1.29, 1.82) is 0 Å². The fourth-order valence-corrected chi connectivity index (χ4v) is 2.18. The van der Waals surface area contributed by atoms with Crippen molar-refractivity contribution < 1.29 is 28.9 Å². The van der Waals surface area contributed by atoms with Gasteiger partial charge < -0.3 is 24.6 Å². The Kier molecular flexibility index (Phi) is 6.84. The van der Waals surface area contributed by atoms with Gasteiger partial charge in [0.05, 0.1) is 13.2 Å². The van der Waals surface area contributed by atoms with E-state index in [1.165, 1.54) is 0 Å². The van der Waals surface area contributed by atoms with Crippen LogP contribution in [0.4, 0.5) is 5.69 Å².